The van der Waals surface area contributed by atoms with Gasteiger partial charge in [0.05, 0.1) is 17.6 Å². The summed E-state index contributed by atoms with van der Waals surface area (Å²) in [4.78, 5) is 0. The molecule has 1 aromatic rings. The van der Waals surface area contributed by atoms with Gasteiger partial charge >= 0.3 is 0 Å². The van der Waals surface area contributed by atoms with E-state index in [2.05, 4.69) is 15.9 Å². The van der Waals surface area contributed by atoms with Gasteiger partial charge in [-0.3, -0.25) is 0 Å². The van der Waals surface area contributed by atoms with E-state index in [0.717, 1.165) is 10.0 Å². The molecule has 0 amide bonds. The van der Waals surface area contributed by atoms with Gasteiger partial charge in [-0.15, -0.1) is 0 Å². The monoisotopic (exact) mass is 346 g/mol. The van der Waals surface area contributed by atoms with Gasteiger partial charge in [-0.1, -0.05) is 15.9 Å². The van der Waals surface area contributed by atoms with E-state index in [0.29, 0.717) is 25.0 Å². The van der Waals surface area contributed by atoms with E-state index in [9.17, 15) is 13.5 Å². The Hall–Kier alpha value is -0.590. The predicted molar refractivity (Wildman–Crippen MR) is 75.0 cm³/mol. The standard InChI is InChI=1S/C13H15BrO4S/c14-9-1-2-12-10(7-9)11(15)8-13(18-12)3-5-19(16,17)6-4-13/h1-2,7,11,15H,3-6,8H2. The molecular weight excluding hydrogens is 332 g/mol. The smallest absolute Gasteiger partial charge is 0.150 e. The van der Waals surface area contributed by atoms with Gasteiger partial charge in [-0.2, -0.15) is 0 Å². The highest BCUT2D eigenvalue weighted by Gasteiger charge is 2.44. The highest BCUT2D eigenvalue weighted by molar-refractivity contribution is 9.10. The van der Waals surface area contributed by atoms with Crippen LogP contribution in [0.3, 0.4) is 0 Å². The molecule has 0 aliphatic carbocycles. The Kier molecular flexibility index (Phi) is 3.15. The van der Waals surface area contributed by atoms with Crippen molar-refractivity contribution in [2.45, 2.75) is 31.0 Å². The Morgan fingerprint density at radius 2 is 2.00 bits per heavy atom. The number of rotatable bonds is 0. The van der Waals surface area contributed by atoms with Crippen molar-refractivity contribution >= 4 is 25.8 Å². The minimum Gasteiger partial charge on any atom is -0.487 e. The molecule has 1 aromatic carbocycles. The molecule has 0 radical (unpaired) electrons. The fourth-order valence-electron chi connectivity index (χ4n) is 2.83. The zero-order chi connectivity index (χ0) is 13.7. The quantitative estimate of drug-likeness (QED) is 0.782. The first-order valence-electron chi connectivity index (χ1n) is 6.26. The number of hydrogen-bond acceptors (Lipinski definition) is 4. The van der Waals surface area contributed by atoms with Gasteiger partial charge in [-0.05, 0) is 18.2 Å². The number of ether oxygens (including phenoxy) is 1. The predicted octanol–water partition coefficient (Wildman–Crippen LogP) is 2.21. The van der Waals surface area contributed by atoms with E-state index in [4.69, 9.17) is 4.74 Å². The first-order valence-corrected chi connectivity index (χ1v) is 8.88. The molecule has 1 N–H and O–H groups in total. The molecule has 6 heteroatoms. The average molecular weight is 347 g/mol. The Labute approximate surface area is 120 Å². The SMILES string of the molecule is O=S1(=O)CCC2(CC1)CC(O)c1cc(Br)ccc1O2. The topological polar surface area (TPSA) is 63.6 Å². The van der Waals surface area contributed by atoms with Crippen LogP contribution in [0.2, 0.25) is 0 Å². The number of sulfone groups is 1. The molecule has 1 atom stereocenters. The van der Waals surface area contributed by atoms with Crippen molar-refractivity contribution in [3.63, 3.8) is 0 Å². The summed E-state index contributed by atoms with van der Waals surface area (Å²) in [5, 5.41) is 10.3. The summed E-state index contributed by atoms with van der Waals surface area (Å²) in [6.07, 6.45) is 0.789. The average Bonchev–Trinajstić information content (AvgIpc) is 2.35. The summed E-state index contributed by atoms with van der Waals surface area (Å²) in [6, 6.07) is 5.54. The molecule has 1 spiro atoms. The maximum atomic E-state index is 11.5. The molecule has 4 nitrogen and oxygen atoms in total. The molecule has 104 valence electrons. The summed E-state index contributed by atoms with van der Waals surface area (Å²) < 4.78 is 30.0. The molecule has 3 rings (SSSR count). The zero-order valence-corrected chi connectivity index (χ0v) is 12.7. The molecule has 1 saturated heterocycles. The van der Waals surface area contributed by atoms with Crippen LogP contribution in [-0.4, -0.2) is 30.6 Å². The van der Waals surface area contributed by atoms with Crippen LogP contribution in [0.25, 0.3) is 0 Å². The number of aliphatic hydroxyl groups excluding tert-OH is 1. The Morgan fingerprint density at radius 1 is 1.32 bits per heavy atom. The van der Waals surface area contributed by atoms with Gasteiger partial charge in [-0.25, -0.2) is 8.42 Å². The normalized spacial score (nSPS) is 27.6. The highest BCUT2D eigenvalue weighted by atomic mass is 79.9. The summed E-state index contributed by atoms with van der Waals surface area (Å²) >= 11 is 3.37. The third-order valence-corrected chi connectivity index (χ3v) is 6.11. The number of aliphatic hydroxyl groups is 1. The van der Waals surface area contributed by atoms with Crippen LogP contribution in [0.4, 0.5) is 0 Å². The second-order valence-electron chi connectivity index (χ2n) is 5.34. The number of fused-ring (bicyclic) bond motifs is 1. The van der Waals surface area contributed by atoms with Crippen LogP contribution in [0.5, 0.6) is 5.75 Å². The fourth-order valence-corrected chi connectivity index (χ4v) is 4.78. The van der Waals surface area contributed by atoms with Gasteiger partial charge in [0.15, 0.2) is 9.84 Å². The van der Waals surface area contributed by atoms with Gasteiger partial charge in [0.25, 0.3) is 0 Å². The Bertz CT molecular complexity index is 597. The van der Waals surface area contributed by atoms with E-state index in [1.807, 2.05) is 18.2 Å². The van der Waals surface area contributed by atoms with Crippen molar-refractivity contribution in [2.24, 2.45) is 0 Å². The maximum Gasteiger partial charge on any atom is 0.150 e. The molecule has 0 aromatic heterocycles. The lowest BCUT2D eigenvalue weighted by molar-refractivity contribution is -0.0208. The number of halogens is 1. The largest absolute Gasteiger partial charge is 0.487 e. The van der Waals surface area contributed by atoms with Crippen LogP contribution in [0, 0.1) is 0 Å². The second-order valence-corrected chi connectivity index (χ2v) is 8.56. The summed E-state index contributed by atoms with van der Waals surface area (Å²) in [5.41, 5.74) is 0.249. The zero-order valence-electron chi connectivity index (χ0n) is 10.3. The minimum absolute atomic E-state index is 0.144. The highest BCUT2D eigenvalue weighted by Crippen LogP contribution is 2.45. The van der Waals surface area contributed by atoms with Crippen LogP contribution in [0.15, 0.2) is 22.7 Å². The first kappa shape index (κ1) is 13.4. The fraction of sp³-hybridized carbons (Fsp3) is 0.538. The molecule has 19 heavy (non-hydrogen) atoms. The van der Waals surface area contributed by atoms with E-state index < -0.39 is 21.5 Å². The van der Waals surface area contributed by atoms with Gasteiger partial charge in [0.1, 0.15) is 11.4 Å². The summed E-state index contributed by atoms with van der Waals surface area (Å²) in [5.74, 6) is 0.957. The molecule has 1 fully saturated rings. The summed E-state index contributed by atoms with van der Waals surface area (Å²) in [6.45, 7) is 0. The van der Waals surface area contributed by atoms with Crippen molar-refractivity contribution in [1.29, 1.82) is 0 Å². The van der Waals surface area contributed by atoms with Crippen molar-refractivity contribution in [1.82, 2.24) is 0 Å². The molecule has 2 heterocycles. The van der Waals surface area contributed by atoms with Gasteiger partial charge in [0, 0.05) is 29.3 Å². The molecule has 2 aliphatic heterocycles. The van der Waals surface area contributed by atoms with Crippen LogP contribution >= 0.6 is 15.9 Å². The molecule has 2 aliphatic rings. The summed E-state index contributed by atoms with van der Waals surface area (Å²) in [7, 11) is -2.93. The molecule has 1 unspecified atom stereocenters. The van der Waals surface area contributed by atoms with Crippen molar-refractivity contribution in [3.8, 4) is 5.75 Å². The Balaban J connectivity index is 1.91. The van der Waals surface area contributed by atoms with Crippen molar-refractivity contribution < 1.29 is 18.3 Å². The molecule has 0 saturated carbocycles. The van der Waals surface area contributed by atoms with Crippen LogP contribution < -0.4 is 4.74 Å². The van der Waals surface area contributed by atoms with E-state index >= 15 is 0 Å². The molecule has 0 bridgehead atoms. The van der Waals surface area contributed by atoms with E-state index in [1.165, 1.54) is 0 Å². The number of benzene rings is 1. The Morgan fingerprint density at radius 3 is 2.68 bits per heavy atom. The number of hydrogen-bond donors (Lipinski definition) is 1. The van der Waals surface area contributed by atoms with E-state index in [-0.39, 0.29) is 11.5 Å². The van der Waals surface area contributed by atoms with E-state index in [1.54, 1.807) is 0 Å². The third-order valence-electron chi connectivity index (χ3n) is 3.96. The molecular formula is C13H15BrO4S. The minimum atomic E-state index is -2.93. The van der Waals surface area contributed by atoms with Crippen LogP contribution in [-0.2, 0) is 9.84 Å². The maximum absolute atomic E-state index is 11.5. The second kappa shape index (κ2) is 4.46. The van der Waals surface area contributed by atoms with Gasteiger partial charge < -0.3 is 9.84 Å². The van der Waals surface area contributed by atoms with Crippen molar-refractivity contribution in [2.75, 3.05) is 11.5 Å². The van der Waals surface area contributed by atoms with Crippen LogP contribution in [0.1, 0.15) is 30.9 Å². The third kappa shape index (κ3) is 2.53. The lowest BCUT2D eigenvalue weighted by Crippen LogP contribution is -2.47. The van der Waals surface area contributed by atoms with Crippen molar-refractivity contribution in [3.05, 3.63) is 28.2 Å². The lowest BCUT2D eigenvalue weighted by atomic mass is 9.84. The van der Waals surface area contributed by atoms with Gasteiger partial charge in [0.2, 0.25) is 0 Å². The first-order chi connectivity index (χ1) is 8.89. The lowest BCUT2D eigenvalue weighted by Gasteiger charge is -2.43.